The molecule has 2 aromatic rings. The molecule has 0 saturated heterocycles. The molecule has 1 heterocycles. The number of nitrogens with zero attached hydrogens (tertiary/aromatic N) is 1. The molecule has 1 aromatic carbocycles. The summed E-state index contributed by atoms with van der Waals surface area (Å²) >= 11 is 0. The molecule has 5 nitrogen and oxygen atoms in total. The van der Waals surface area contributed by atoms with E-state index >= 15 is 0 Å². The molecule has 1 N–H and O–H groups in total. The number of nitrogens with one attached hydrogen (secondary N) is 1. The van der Waals surface area contributed by atoms with E-state index in [4.69, 9.17) is 4.42 Å². The second-order valence-corrected chi connectivity index (χ2v) is 7.18. The molecule has 1 aromatic heterocycles. The molecule has 5 heteroatoms. The van der Waals surface area contributed by atoms with Crippen LogP contribution in [-0.2, 0) is 16.0 Å². The summed E-state index contributed by atoms with van der Waals surface area (Å²) in [4.78, 5) is 28.8. The van der Waals surface area contributed by atoms with E-state index in [9.17, 15) is 9.59 Å². The molecule has 26 heavy (non-hydrogen) atoms. The monoisotopic (exact) mass is 354 g/mol. The van der Waals surface area contributed by atoms with Crippen LogP contribution in [-0.4, -0.2) is 22.7 Å². The lowest BCUT2D eigenvalue weighted by atomic mass is 9.95. The molecule has 1 saturated carbocycles. The maximum atomic E-state index is 12.3. The first-order valence-corrected chi connectivity index (χ1v) is 9.35. The minimum Gasteiger partial charge on any atom is -0.441 e. The van der Waals surface area contributed by atoms with Crippen LogP contribution in [0.4, 0.5) is 0 Å². The van der Waals surface area contributed by atoms with Gasteiger partial charge in [-0.05, 0) is 38.8 Å². The van der Waals surface area contributed by atoms with Crippen molar-refractivity contribution in [3.63, 3.8) is 0 Å². The third-order valence-corrected chi connectivity index (χ3v) is 4.88. The number of Topliss-reactive ketones (excluding diaryl/α,β-unsaturated/α-hetero) is 1. The Bertz CT molecular complexity index is 771. The predicted octanol–water partition coefficient (Wildman–Crippen LogP) is 3.91. The highest BCUT2D eigenvalue weighted by Gasteiger charge is 2.20. The van der Waals surface area contributed by atoms with Crippen molar-refractivity contribution in [2.24, 2.45) is 0 Å². The third kappa shape index (κ3) is 4.81. The lowest BCUT2D eigenvalue weighted by Gasteiger charge is -2.22. The fourth-order valence-corrected chi connectivity index (χ4v) is 3.37. The van der Waals surface area contributed by atoms with Crippen molar-refractivity contribution in [1.82, 2.24) is 10.3 Å². The number of rotatable bonds is 6. The number of aromatic nitrogens is 1. The number of hydrogen-bond acceptors (Lipinski definition) is 4. The van der Waals surface area contributed by atoms with Gasteiger partial charge in [0.25, 0.3) is 0 Å². The molecule has 0 spiro atoms. The zero-order valence-corrected chi connectivity index (χ0v) is 15.5. The Hall–Kier alpha value is -2.43. The van der Waals surface area contributed by atoms with Gasteiger partial charge < -0.3 is 9.73 Å². The van der Waals surface area contributed by atoms with Gasteiger partial charge >= 0.3 is 0 Å². The average Bonchev–Trinajstić information content (AvgIpc) is 2.96. The van der Waals surface area contributed by atoms with Crippen LogP contribution in [0.1, 0.15) is 55.5 Å². The Kier molecular flexibility index (Phi) is 5.86. The van der Waals surface area contributed by atoms with Crippen molar-refractivity contribution in [2.45, 2.75) is 64.8 Å². The first-order valence-electron chi connectivity index (χ1n) is 9.35. The summed E-state index contributed by atoms with van der Waals surface area (Å²) in [6, 6.07) is 8.11. The number of benzene rings is 1. The molecular weight excluding hydrogens is 328 g/mol. The van der Waals surface area contributed by atoms with Gasteiger partial charge in [-0.1, -0.05) is 37.0 Å². The van der Waals surface area contributed by atoms with Crippen LogP contribution in [0.5, 0.6) is 0 Å². The SMILES string of the molecule is Cc1ccc(-c2nc(CC(=O)CC(=O)NC3CCCCC3)c(C)o2)cc1. The van der Waals surface area contributed by atoms with Crippen LogP contribution in [0.3, 0.4) is 0 Å². The molecule has 0 radical (unpaired) electrons. The van der Waals surface area contributed by atoms with Gasteiger partial charge in [0.15, 0.2) is 0 Å². The third-order valence-electron chi connectivity index (χ3n) is 4.88. The van der Waals surface area contributed by atoms with E-state index in [-0.39, 0.29) is 30.6 Å². The van der Waals surface area contributed by atoms with Crippen LogP contribution in [0.15, 0.2) is 28.7 Å². The average molecular weight is 354 g/mol. The Morgan fingerprint density at radius 2 is 1.81 bits per heavy atom. The minimum atomic E-state index is -0.179. The van der Waals surface area contributed by atoms with E-state index in [1.807, 2.05) is 31.2 Å². The van der Waals surface area contributed by atoms with Crippen molar-refractivity contribution >= 4 is 11.7 Å². The van der Waals surface area contributed by atoms with Crippen molar-refractivity contribution in [3.05, 3.63) is 41.3 Å². The fourth-order valence-electron chi connectivity index (χ4n) is 3.37. The summed E-state index contributed by atoms with van der Waals surface area (Å²) in [5, 5.41) is 2.98. The lowest BCUT2D eigenvalue weighted by molar-refractivity contribution is -0.128. The number of ketones is 1. The zero-order chi connectivity index (χ0) is 18.5. The molecule has 0 atom stereocenters. The van der Waals surface area contributed by atoms with Crippen molar-refractivity contribution in [1.29, 1.82) is 0 Å². The van der Waals surface area contributed by atoms with Gasteiger partial charge in [0.05, 0.1) is 18.5 Å². The predicted molar refractivity (Wildman–Crippen MR) is 99.8 cm³/mol. The van der Waals surface area contributed by atoms with Gasteiger partial charge in [0.1, 0.15) is 11.5 Å². The highest BCUT2D eigenvalue weighted by Crippen LogP contribution is 2.23. The van der Waals surface area contributed by atoms with E-state index in [1.54, 1.807) is 6.92 Å². The first kappa shape index (κ1) is 18.4. The van der Waals surface area contributed by atoms with E-state index in [1.165, 1.54) is 6.42 Å². The number of hydrogen-bond donors (Lipinski definition) is 1. The summed E-state index contributed by atoms with van der Waals surface area (Å²) < 4.78 is 5.70. The largest absolute Gasteiger partial charge is 0.441 e. The Morgan fingerprint density at radius 1 is 1.12 bits per heavy atom. The molecule has 1 aliphatic rings. The Morgan fingerprint density at radius 3 is 2.50 bits per heavy atom. The van der Waals surface area contributed by atoms with Gasteiger partial charge in [-0.25, -0.2) is 4.98 Å². The van der Waals surface area contributed by atoms with E-state index in [0.717, 1.165) is 36.8 Å². The molecule has 0 bridgehead atoms. The second-order valence-electron chi connectivity index (χ2n) is 7.18. The second kappa shape index (κ2) is 8.30. The van der Waals surface area contributed by atoms with Crippen molar-refractivity contribution in [3.8, 4) is 11.5 Å². The molecule has 1 aliphatic carbocycles. The molecule has 0 aliphatic heterocycles. The molecule has 3 rings (SSSR count). The van der Waals surface area contributed by atoms with Crippen LogP contribution in [0.2, 0.25) is 0 Å². The molecule has 1 amide bonds. The summed E-state index contributed by atoms with van der Waals surface area (Å²) in [6.45, 7) is 3.82. The first-order chi connectivity index (χ1) is 12.5. The maximum Gasteiger partial charge on any atom is 0.227 e. The van der Waals surface area contributed by atoms with Crippen molar-refractivity contribution in [2.75, 3.05) is 0 Å². The maximum absolute atomic E-state index is 12.3. The zero-order valence-electron chi connectivity index (χ0n) is 15.5. The molecule has 138 valence electrons. The smallest absolute Gasteiger partial charge is 0.227 e. The number of aryl methyl sites for hydroxylation is 2. The minimum absolute atomic E-state index is 0.0946. The number of amides is 1. The van der Waals surface area contributed by atoms with Crippen LogP contribution >= 0.6 is 0 Å². The molecule has 0 unspecified atom stereocenters. The lowest BCUT2D eigenvalue weighted by Crippen LogP contribution is -2.37. The fraction of sp³-hybridized carbons (Fsp3) is 0.476. The topological polar surface area (TPSA) is 72.2 Å². The molecule has 1 fully saturated rings. The molecular formula is C21H26N2O3. The van der Waals surface area contributed by atoms with E-state index in [0.29, 0.717) is 17.3 Å². The Labute approximate surface area is 154 Å². The number of oxazole rings is 1. The van der Waals surface area contributed by atoms with Crippen LogP contribution in [0.25, 0.3) is 11.5 Å². The summed E-state index contributed by atoms with van der Waals surface area (Å²) in [5.41, 5.74) is 2.65. The summed E-state index contributed by atoms with van der Waals surface area (Å²) in [6.07, 6.45) is 5.60. The summed E-state index contributed by atoms with van der Waals surface area (Å²) in [5.74, 6) is 0.825. The van der Waals surface area contributed by atoms with Gasteiger partial charge in [-0.15, -0.1) is 0 Å². The van der Waals surface area contributed by atoms with Crippen LogP contribution < -0.4 is 5.32 Å². The van der Waals surface area contributed by atoms with Crippen molar-refractivity contribution < 1.29 is 14.0 Å². The number of carbonyl (C=O) groups excluding carboxylic acids is 2. The van der Waals surface area contributed by atoms with Gasteiger partial charge in [-0.2, -0.15) is 0 Å². The van der Waals surface area contributed by atoms with E-state index < -0.39 is 0 Å². The highest BCUT2D eigenvalue weighted by atomic mass is 16.4. The van der Waals surface area contributed by atoms with E-state index in [2.05, 4.69) is 10.3 Å². The van der Waals surface area contributed by atoms with Gasteiger partial charge in [0, 0.05) is 11.6 Å². The van der Waals surface area contributed by atoms with Crippen LogP contribution in [0, 0.1) is 13.8 Å². The Balaban J connectivity index is 1.57. The normalized spacial score (nSPS) is 15.0. The quantitative estimate of drug-likeness (QED) is 0.798. The van der Waals surface area contributed by atoms with Gasteiger partial charge in [0.2, 0.25) is 11.8 Å². The highest BCUT2D eigenvalue weighted by molar-refractivity contribution is 5.98. The van der Waals surface area contributed by atoms with Gasteiger partial charge in [-0.3, -0.25) is 9.59 Å². The standard InChI is InChI=1S/C21H26N2O3/c1-14-8-10-16(11-9-14)21-23-19(15(2)26-21)12-18(24)13-20(25)22-17-6-4-3-5-7-17/h8-11,17H,3-7,12-13H2,1-2H3,(H,22,25). The number of carbonyl (C=O) groups is 2. The summed E-state index contributed by atoms with van der Waals surface area (Å²) in [7, 11) is 0.